The number of nitrogens with zero attached hydrogens (tertiary/aromatic N) is 1. The van der Waals surface area contributed by atoms with Crippen molar-refractivity contribution in [3.05, 3.63) is 0 Å². The van der Waals surface area contributed by atoms with Gasteiger partial charge in [0.05, 0.1) is 0 Å². The number of amides is 2. The van der Waals surface area contributed by atoms with Crippen LogP contribution >= 0.6 is 0 Å². The Kier molecular flexibility index (Phi) is 3.57. The Labute approximate surface area is 66.6 Å². The first-order valence-electron chi connectivity index (χ1n) is 3.43. The molecular weight excluding hydrogens is 144 g/mol. The number of carbonyl (C=O) groups is 2. The SMILES string of the molecule is CC(=O)N[C@@H](C)C(=O)N(C)C. The molecule has 0 spiro atoms. The fourth-order valence-corrected chi connectivity index (χ4v) is 0.754. The van der Waals surface area contributed by atoms with E-state index in [0.717, 1.165) is 0 Å². The summed E-state index contributed by atoms with van der Waals surface area (Å²) >= 11 is 0. The Morgan fingerprint density at radius 2 is 1.82 bits per heavy atom. The zero-order chi connectivity index (χ0) is 9.02. The van der Waals surface area contributed by atoms with Crippen LogP contribution in [0.25, 0.3) is 0 Å². The van der Waals surface area contributed by atoms with Crippen molar-refractivity contribution in [3.8, 4) is 0 Å². The molecule has 0 saturated heterocycles. The van der Waals surface area contributed by atoms with Gasteiger partial charge in [0, 0.05) is 21.0 Å². The normalized spacial score (nSPS) is 12.0. The van der Waals surface area contributed by atoms with E-state index in [-0.39, 0.29) is 11.8 Å². The van der Waals surface area contributed by atoms with Crippen LogP contribution in [-0.2, 0) is 9.59 Å². The lowest BCUT2D eigenvalue weighted by atomic mass is 10.3. The maximum atomic E-state index is 11.1. The van der Waals surface area contributed by atoms with Crippen LogP contribution in [-0.4, -0.2) is 36.9 Å². The first kappa shape index (κ1) is 9.94. The highest BCUT2D eigenvalue weighted by Gasteiger charge is 2.14. The summed E-state index contributed by atoms with van der Waals surface area (Å²) in [5.41, 5.74) is 0. The van der Waals surface area contributed by atoms with Crippen molar-refractivity contribution < 1.29 is 9.59 Å². The second-order valence-electron chi connectivity index (χ2n) is 2.65. The van der Waals surface area contributed by atoms with E-state index in [1.165, 1.54) is 11.8 Å². The van der Waals surface area contributed by atoms with Gasteiger partial charge in [-0.25, -0.2) is 0 Å². The summed E-state index contributed by atoms with van der Waals surface area (Å²) in [6, 6.07) is -0.428. The quantitative estimate of drug-likeness (QED) is 0.594. The highest BCUT2D eigenvalue weighted by Crippen LogP contribution is 1.87. The lowest BCUT2D eigenvalue weighted by molar-refractivity contribution is -0.133. The van der Waals surface area contributed by atoms with E-state index in [1.807, 2.05) is 0 Å². The fraction of sp³-hybridized carbons (Fsp3) is 0.714. The Bertz CT molecular complexity index is 166. The maximum Gasteiger partial charge on any atom is 0.244 e. The molecule has 0 radical (unpaired) electrons. The molecule has 0 rings (SSSR count). The van der Waals surface area contributed by atoms with E-state index in [2.05, 4.69) is 5.32 Å². The molecule has 0 saturated carbocycles. The first-order valence-corrected chi connectivity index (χ1v) is 3.43. The Morgan fingerprint density at radius 3 is 2.09 bits per heavy atom. The summed E-state index contributed by atoms with van der Waals surface area (Å²) in [7, 11) is 3.31. The van der Waals surface area contributed by atoms with Crippen molar-refractivity contribution in [1.82, 2.24) is 10.2 Å². The summed E-state index contributed by atoms with van der Waals surface area (Å²) in [4.78, 5) is 23.0. The van der Waals surface area contributed by atoms with Crippen molar-refractivity contribution in [2.24, 2.45) is 0 Å². The largest absolute Gasteiger partial charge is 0.347 e. The second kappa shape index (κ2) is 3.95. The van der Waals surface area contributed by atoms with Crippen molar-refractivity contribution in [2.75, 3.05) is 14.1 Å². The molecule has 0 heterocycles. The van der Waals surface area contributed by atoms with Crippen molar-refractivity contribution in [3.63, 3.8) is 0 Å². The van der Waals surface area contributed by atoms with Gasteiger partial charge < -0.3 is 10.2 Å². The van der Waals surface area contributed by atoms with Crippen LogP contribution in [0, 0.1) is 0 Å². The van der Waals surface area contributed by atoms with Crippen LogP contribution in [0.2, 0.25) is 0 Å². The van der Waals surface area contributed by atoms with E-state index in [4.69, 9.17) is 0 Å². The third kappa shape index (κ3) is 3.60. The van der Waals surface area contributed by atoms with Gasteiger partial charge in [-0.2, -0.15) is 0 Å². The fourth-order valence-electron chi connectivity index (χ4n) is 0.754. The molecule has 1 N–H and O–H groups in total. The minimum absolute atomic E-state index is 0.0970. The van der Waals surface area contributed by atoms with Crippen LogP contribution in [0.3, 0.4) is 0 Å². The van der Waals surface area contributed by atoms with Crippen molar-refractivity contribution in [1.29, 1.82) is 0 Å². The summed E-state index contributed by atoms with van der Waals surface area (Å²) in [6.07, 6.45) is 0. The van der Waals surface area contributed by atoms with E-state index >= 15 is 0 Å². The molecule has 0 aromatic heterocycles. The van der Waals surface area contributed by atoms with Crippen LogP contribution in [0.5, 0.6) is 0 Å². The topological polar surface area (TPSA) is 49.4 Å². The lowest BCUT2D eigenvalue weighted by Crippen LogP contribution is -2.43. The average Bonchev–Trinajstić information content (AvgIpc) is 1.84. The second-order valence-corrected chi connectivity index (χ2v) is 2.65. The number of carbonyl (C=O) groups excluding carboxylic acids is 2. The summed E-state index contributed by atoms with van der Waals surface area (Å²) < 4.78 is 0. The minimum atomic E-state index is -0.428. The first-order chi connectivity index (χ1) is 4.95. The number of nitrogens with one attached hydrogen (secondary N) is 1. The number of likely N-dealkylation sites (N-methyl/N-ethyl adjacent to an activating group) is 1. The van der Waals surface area contributed by atoms with Gasteiger partial charge in [0.15, 0.2) is 0 Å². The van der Waals surface area contributed by atoms with Gasteiger partial charge in [-0.15, -0.1) is 0 Å². The number of hydrogen-bond acceptors (Lipinski definition) is 2. The van der Waals surface area contributed by atoms with Gasteiger partial charge in [0.1, 0.15) is 6.04 Å². The van der Waals surface area contributed by atoms with E-state index in [9.17, 15) is 9.59 Å². The molecule has 2 amide bonds. The van der Waals surface area contributed by atoms with Crippen LogP contribution < -0.4 is 5.32 Å². The smallest absolute Gasteiger partial charge is 0.244 e. The molecule has 0 unspecified atom stereocenters. The molecule has 0 aromatic carbocycles. The number of hydrogen-bond donors (Lipinski definition) is 1. The highest BCUT2D eigenvalue weighted by molar-refractivity contribution is 5.86. The van der Waals surface area contributed by atoms with Gasteiger partial charge in [-0.1, -0.05) is 0 Å². The van der Waals surface area contributed by atoms with Gasteiger partial charge in [0.2, 0.25) is 11.8 Å². The predicted octanol–water partition coefficient (Wildman–Crippen LogP) is -0.401. The zero-order valence-electron chi connectivity index (χ0n) is 7.34. The molecule has 64 valence electrons. The van der Waals surface area contributed by atoms with E-state index in [0.29, 0.717) is 0 Å². The van der Waals surface area contributed by atoms with Crippen LogP contribution in [0.4, 0.5) is 0 Å². The molecule has 0 aliphatic carbocycles. The molecule has 0 fully saturated rings. The lowest BCUT2D eigenvalue weighted by Gasteiger charge is -2.16. The van der Waals surface area contributed by atoms with Gasteiger partial charge in [0.25, 0.3) is 0 Å². The zero-order valence-corrected chi connectivity index (χ0v) is 7.34. The minimum Gasteiger partial charge on any atom is -0.347 e. The third-order valence-corrected chi connectivity index (χ3v) is 1.23. The standard InChI is InChI=1S/C7H14N2O2/c1-5(8-6(2)10)7(11)9(3)4/h5H,1-4H3,(H,8,10)/t5-/m0/s1. The van der Waals surface area contributed by atoms with Crippen LogP contribution in [0.15, 0.2) is 0 Å². The molecule has 0 aliphatic rings. The highest BCUT2D eigenvalue weighted by atomic mass is 16.2. The van der Waals surface area contributed by atoms with Gasteiger partial charge >= 0.3 is 0 Å². The number of rotatable bonds is 2. The summed E-state index contributed by atoms with van der Waals surface area (Å²) in [5, 5.41) is 2.49. The van der Waals surface area contributed by atoms with Crippen molar-refractivity contribution >= 4 is 11.8 Å². The van der Waals surface area contributed by atoms with Crippen LogP contribution in [0.1, 0.15) is 13.8 Å². The molecular formula is C7H14N2O2. The average molecular weight is 158 g/mol. The van der Waals surface area contributed by atoms with Crippen molar-refractivity contribution in [2.45, 2.75) is 19.9 Å². The Hall–Kier alpha value is -1.06. The van der Waals surface area contributed by atoms with E-state index < -0.39 is 6.04 Å². The van der Waals surface area contributed by atoms with E-state index in [1.54, 1.807) is 21.0 Å². The molecule has 0 bridgehead atoms. The maximum absolute atomic E-state index is 11.1. The Morgan fingerprint density at radius 1 is 1.36 bits per heavy atom. The molecule has 0 aromatic rings. The summed E-state index contributed by atoms with van der Waals surface area (Å²) in [5.74, 6) is -0.284. The molecule has 1 atom stereocenters. The predicted molar refractivity (Wildman–Crippen MR) is 42.0 cm³/mol. The molecule has 4 nitrogen and oxygen atoms in total. The molecule has 4 heteroatoms. The van der Waals surface area contributed by atoms with Gasteiger partial charge in [-0.05, 0) is 6.92 Å². The third-order valence-electron chi connectivity index (χ3n) is 1.23. The Balaban J connectivity index is 3.93. The summed E-state index contributed by atoms with van der Waals surface area (Å²) in [6.45, 7) is 3.04. The molecule has 0 aliphatic heterocycles. The molecule has 11 heavy (non-hydrogen) atoms. The van der Waals surface area contributed by atoms with Gasteiger partial charge in [-0.3, -0.25) is 9.59 Å². The monoisotopic (exact) mass is 158 g/mol.